The summed E-state index contributed by atoms with van der Waals surface area (Å²) < 4.78 is 22.4. The Morgan fingerprint density at radius 1 is 1.12 bits per heavy atom. The van der Waals surface area contributed by atoms with Crippen LogP contribution in [0.1, 0.15) is 29.3 Å². The van der Waals surface area contributed by atoms with Gasteiger partial charge in [-0.15, -0.1) is 0 Å². The Morgan fingerprint density at radius 3 is 2.68 bits per heavy atom. The van der Waals surface area contributed by atoms with Crippen LogP contribution in [0.2, 0.25) is 0 Å². The summed E-state index contributed by atoms with van der Waals surface area (Å²) in [5.41, 5.74) is 3.07. The summed E-state index contributed by atoms with van der Waals surface area (Å²) in [4.78, 5) is 13.4. The molecule has 3 aromatic rings. The molecule has 3 atom stereocenters. The number of nitrogens with zero attached hydrogens (tertiary/aromatic N) is 6. The molecule has 5 rings (SSSR count). The van der Waals surface area contributed by atoms with Crippen LogP contribution in [0.15, 0.2) is 24.4 Å². The highest BCUT2D eigenvalue weighted by Gasteiger charge is 2.30. The number of anilines is 1. The summed E-state index contributed by atoms with van der Waals surface area (Å²) in [5, 5.41) is 15.1. The second kappa shape index (κ2) is 10.2. The van der Waals surface area contributed by atoms with Gasteiger partial charge in [-0.1, -0.05) is 0 Å². The van der Waals surface area contributed by atoms with Gasteiger partial charge in [-0.2, -0.15) is 18.6 Å². The second-order valence-corrected chi connectivity index (χ2v) is 9.25. The van der Waals surface area contributed by atoms with Gasteiger partial charge < -0.3 is 19.6 Å². The number of rotatable bonds is 4. The quantitative estimate of drug-likeness (QED) is 0.605. The Bertz CT molecular complexity index is 1160. The zero-order valence-electron chi connectivity index (χ0n) is 19.9. The highest BCUT2D eigenvalue weighted by molar-refractivity contribution is 7.59. The van der Waals surface area contributed by atoms with Crippen LogP contribution < -0.4 is 4.90 Å². The number of likely N-dealkylation sites (tertiary alicyclic amines) is 1. The van der Waals surface area contributed by atoms with Gasteiger partial charge in [0.2, 0.25) is 0 Å². The number of aliphatic hydroxyl groups excluding tert-OH is 1. The van der Waals surface area contributed by atoms with Crippen molar-refractivity contribution >= 4 is 30.2 Å². The predicted molar refractivity (Wildman–Crippen MR) is 135 cm³/mol. The van der Waals surface area contributed by atoms with Crippen molar-refractivity contribution in [2.45, 2.75) is 38.5 Å². The third-order valence-electron chi connectivity index (χ3n) is 6.79. The molecule has 10 heteroatoms. The Morgan fingerprint density at radius 2 is 1.91 bits per heavy atom. The molecule has 0 bridgehead atoms. The van der Waals surface area contributed by atoms with E-state index >= 15 is 0 Å². The summed E-state index contributed by atoms with van der Waals surface area (Å²) >= 11 is 0. The lowest BCUT2D eigenvalue weighted by Crippen LogP contribution is -2.44. The van der Waals surface area contributed by atoms with E-state index in [4.69, 9.17) is 4.74 Å². The number of ether oxygens (including phenoxy) is 1. The second-order valence-electron chi connectivity index (χ2n) is 9.25. The number of hydrogen-bond donors (Lipinski definition) is 1. The highest BCUT2D eigenvalue weighted by atomic mass is 32.1. The molecule has 2 aliphatic heterocycles. The minimum atomic E-state index is -0.884. The zero-order chi connectivity index (χ0) is 23.1. The van der Waals surface area contributed by atoms with Crippen LogP contribution in [-0.4, -0.2) is 88.5 Å². The van der Waals surface area contributed by atoms with E-state index in [1.165, 1.54) is 0 Å². The molecule has 2 fully saturated rings. The van der Waals surface area contributed by atoms with Crippen LogP contribution in [0.25, 0.3) is 16.7 Å². The monoisotopic (exact) mass is 488 g/mol. The Balaban J connectivity index is 0.00000274. The van der Waals surface area contributed by atoms with Crippen LogP contribution in [0.4, 0.5) is 10.2 Å². The Kier molecular flexibility index (Phi) is 7.42. The number of morpholine rings is 1. The number of piperidine rings is 1. The SMILES string of the molecule is Cc1nc(N2CCO[C@H](CO)C2)cc(-n2ncc3cc(C)c(C4CCN(C)CC4F)cc32)n1.S. The third-order valence-corrected chi connectivity index (χ3v) is 6.79. The first kappa shape index (κ1) is 24.8. The van der Waals surface area contributed by atoms with Gasteiger partial charge in [0.25, 0.3) is 0 Å². The van der Waals surface area contributed by atoms with Crippen molar-refractivity contribution in [2.75, 3.05) is 51.3 Å². The van der Waals surface area contributed by atoms with Gasteiger partial charge in [-0.05, 0) is 57.1 Å². The van der Waals surface area contributed by atoms with Gasteiger partial charge >= 0.3 is 0 Å². The van der Waals surface area contributed by atoms with Crippen molar-refractivity contribution < 1.29 is 14.2 Å². The average Bonchev–Trinajstić information content (AvgIpc) is 3.21. The molecule has 2 unspecified atom stereocenters. The fourth-order valence-electron chi connectivity index (χ4n) is 5.04. The molecule has 34 heavy (non-hydrogen) atoms. The van der Waals surface area contributed by atoms with Crippen molar-refractivity contribution in [2.24, 2.45) is 0 Å². The summed E-state index contributed by atoms with van der Waals surface area (Å²) in [6, 6.07) is 6.11. The topological polar surface area (TPSA) is 79.5 Å². The lowest BCUT2D eigenvalue weighted by Gasteiger charge is -2.33. The highest BCUT2D eigenvalue weighted by Crippen LogP contribution is 2.35. The first-order valence-corrected chi connectivity index (χ1v) is 11.6. The van der Waals surface area contributed by atoms with E-state index in [1.807, 2.05) is 30.9 Å². The molecular formula is C24H33FN6O2S. The molecule has 1 N–H and O–H groups in total. The molecule has 2 aliphatic rings. The lowest BCUT2D eigenvalue weighted by atomic mass is 9.85. The molecule has 2 aromatic heterocycles. The number of aryl methyl sites for hydroxylation is 2. The van der Waals surface area contributed by atoms with Crippen LogP contribution >= 0.6 is 13.5 Å². The van der Waals surface area contributed by atoms with Crippen molar-refractivity contribution in [3.63, 3.8) is 0 Å². The first-order valence-electron chi connectivity index (χ1n) is 11.6. The minimum Gasteiger partial charge on any atom is -0.394 e. The van der Waals surface area contributed by atoms with Gasteiger partial charge in [0, 0.05) is 37.0 Å². The maximum Gasteiger partial charge on any atom is 0.159 e. The maximum atomic E-state index is 15.0. The third kappa shape index (κ3) is 4.77. The fourth-order valence-corrected chi connectivity index (χ4v) is 5.04. The van der Waals surface area contributed by atoms with Crippen LogP contribution in [0, 0.1) is 13.8 Å². The van der Waals surface area contributed by atoms with Crippen LogP contribution in [0.3, 0.4) is 0 Å². The summed E-state index contributed by atoms with van der Waals surface area (Å²) in [6.45, 7) is 7.07. The van der Waals surface area contributed by atoms with E-state index in [9.17, 15) is 9.50 Å². The van der Waals surface area contributed by atoms with Gasteiger partial charge in [0.15, 0.2) is 5.82 Å². The van der Waals surface area contributed by atoms with Gasteiger partial charge in [0.1, 0.15) is 17.8 Å². The summed E-state index contributed by atoms with van der Waals surface area (Å²) in [7, 11) is 1.97. The molecular weight excluding hydrogens is 455 g/mol. The number of aromatic nitrogens is 4. The molecule has 0 amide bonds. The molecule has 0 radical (unpaired) electrons. The molecule has 0 spiro atoms. The number of hydrogen-bond acceptors (Lipinski definition) is 7. The molecule has 8 nitrogen and oxygen atoms in total. The predicted octanol–water partition coefficient (Wildman–Crippen LogP) is 2.50. The minimum absolute atomic E-state index is 0. The van der Waals surface area contributed by atoms with Crippen LogP contribution in [-0.2, 0) is 4.74 Å². The molecule has 0 aliphatic carbocycles. The number of alkyl halides is 1. The Hall–Kier alpha value is -2.27. The van der Waals surface area contributed by atoms with E-state index in [2.05, 4.69) is 43.9 Å². The van der Waals surface area contributed by atoms with E-state index in [-0.39, 0.29) is 32.1 Å². The van der Waals surface area contributed by atoms with Crippen LogP contribution in [0.5, 0.6) is 0 Å². The van der Waals surface area contributed by atoms with Gasteiger partial charge in [-0.3, -0.25) is 0 Å². The van der Waals surface area contributed by atoms with Crippen molar-refractivity contribution in [3.8, 4) is 5.82 Å². The van der Waals surface area contributed by atoms with Crippen molar-refractivity contribution in [1.82, 2.24) is 24.6 Å². The normalized spacial score (nSPS) is 23.8. The standard InChI is InChI=1S/C24H31FN6O2.H2S/c1-15-8-17-11-26-31(22(17)9-20(15)19-4-5-29(3)13-21(19)25)24-10-23(27-16(2)28-24)30-6-7-33-18(12-30)14-32;/h8-11,18-19,21,32H,4-7,12-14H2,1-3H3;1H2/t18-,19?,21?;/m0./s1. The molecule has 184 valence electrons. The Labute approximate surface area is 206 Å². The first-order chi connectivity index (χ1) is 15.9. The average molecular weight is 489 g/mol. The largest absolute Gasteiger partial charge is 0.394 e. The van der Waals surface area contributed by atoms with Gasteiger partial charge in [0.05, 0.1) is 31.0 Å². The molecule has 4 heterocycles. The number of fused-ring (bicyclic) bond motifs is 1. The van der Waals surface area contributed by atoms with Crippen molar-refractivity contribution in [1.29, 1.82) is 0 Å². The van der Waals surface area contributed by atoms with E-state index in [0.717, 1.165) is 40.8 Å². The fraction of sp³-hybridized carbons (Fsp3) is 0.542. The molecule has 0 saturated carbocycles. The molecule has 1 aromatic carbocycles. The van der Waals surface area contributed by atoms with E-state index in [1.54, 1.807) is 0 Å². The number of halogens is 1. The number of benzene rings is 1. The zero-order valence-corrected chi connectivity index (χ0v) is 20.9. The van der Waals surface area contributed by atoms with Crippen molar-refractivity contribution in [3.05, 3.63) is 41.3 Å². The van der Waals surface area contributed by atoms with Gasteiger partial charge in [-0.25, -0.2) is 19.0 Å². The van der Waals surface area contributed by atoms with E-state index < -0.39 is 6.17 Å². The van der Waals surface area contributed by atoms with E-state index in [0.29, 0.717) is 37.9 Å². The molecule has 2 saturated heterocycles. The number of aliphatic hydroxyl groups is 1. The summed E-state index contributed by atoms with van der Waals surface area (Å²) in [5.74, 6) is 1.99. The lowest BCUT2D eigenvalue weighted by molar-refractivity contribution is 0.00335. The maximum absolute atomic E-state index is 15.0. The summed E-state index contributed by atoms with van der Waals surface area (Å²) in [6.07, 6.45) is 1.53. The smallest absolute Gasteiger partial charge is 0.159 e.